The molecular weight excluding hydrogens is 380 g/mol. The van der Waals surface area contributed by atoms with E-state index < -0.39 is 0 Å². The maximum absolute atomic E-state index is 12.3. The molecule has 1 amide bonds. The average Bonchev–Trinajstić information content (AvgIpc) is 2.54. The maximum Gasteiger partial charge on any atom is 0.255 e. The molecule has 0 saturated heterocycles. The fraction of sp³-hybridized carbons (Fsp3) is 0.105. The van der Waals surface area contributed by atoms with Crippen LogP contribution in [0.25, 0.3) is 0 Å². The summed E-state index contributed by atoms with van der Waals surface area (Å²) in [7, 11) is 0. The third kappa shape index (κ3) is 4.64. The van der Waals surface area contributed by atoms with Gasteiger partial charge in [0.1, 0.15) is 0 Å². The van der Waals surface area contributed by atoms with E-state index in [1.165, 1.54) is 0 Å². The van der Waals surface area contributed by atoms with Crippen LogP contribution >= 0.6 is 15.9 Å². The largest absolute Gasteiger partial charge is 0.324 e. The van der Waals surface area contributed by atoms with Crippen molar-refractivity contribution in [1.29, 1.82) is 0 Å². The summed E-state index contributed by atoms with van der Waals surface area (Å²) in [6.07, 6.45) is 0. The molecule has 0 unspecified atom stereocenters. The van der Waals surface area contributed by atoms with Crippen LogP contribution in [0.15, 0.2) is 59.1 Å². The molecule has 0 radical (unpaired) electrons. The molecule has 0 fully saturated rings. The Morgan fingerprint density at radius 3 is 2.24 bits per heavy atom. The van der Waals surface area contributed by atoms with E-state index >= 15 is 0 Å². The minimum atomic E-state index is -0.160. The van der Waals surface area contributed by atoms with Crippen molar-refractivity contribution in [2.24, 2.45) is 0 Å². The molecule has 25 heavy (non-hydrogen) atoms. The van der Waals surface area contributed by atoms with Crippen LogP contribution in [-0.2, 0) is 0 Å². The first kappa shape index (κ1) is 17.1. The lowest BCUT2D eigenvalue weighted by molar-refractivity contribution is 0.102. The van der Waals surface area contributed by atoms with E-state index in [4.69, 9.17) is 0 Å². The van der Waals surface area contributed by atoms with Gasteiger partial charge in [0.05, 0.1) is 0 Å². The Bertz CT molecular complexity index is 889. The van der Waals surface area contributed by atoms with Crippen molar-refractivity contribution in [1.82, 2.24) is 9.97 Å². The fourth-order valence-corrected chi connectivity index (χ4v) is 2.78. The highest BCUT2D eigenvalue weighted by molar-refractivity contribution is 9.10. The number of rotatable bonds is 4. The molecule has 0 atom stereocenters. The van der Waals surface area contributed by atoms with Gasteiger partial charge in [0.15, 0.2) is 0 Å². The van der Waals surface area contributed by atoms with Crippen LogP contribution < -0.4 is 10.6 Å². The van der Waals surface area contributed by atoms with Crippen molar-refractivity contribution in [3.05, 3.63) is 76.0 Å². The van der Waals surface area contributed by atoms with E-state index in [-0.39, 0.29) is 5.91 Å². The zero-order valence-corrected chi connectivity index (χ0v) is 15.5. The van der Waals surface area contributed by atoms with Gasteiger partial charge in [-0.05, 0) is 62.4 Å². The van der Waals surface area contributed by atoms with Crippen LogP contribution in [0.3, 0.4) is 0 Å². The SMILES string of the molecule is Cc1cc(C)nc(Nc2ccc(C(=O)Nc3cccc(Br)c3)cc2)n1. The number of benzene rings is 2. The van der Waals surface area contributed by atoms with E-state index in [1.54, 1.807) is 12.1 Å². The van der Waals surface area contributed by atoms with Gasteiger partial charge in [-0.15, -0.1) is 0 Å². The summed E-state index contributed by atoms with van der Waals surface area (Å²) in [5, 5.41) is 6.02. The predicted molar refractivity (Wildman–Crippen MR) is 103 cm³/mol. The molecule has 6 heteroatoms. The number of aromatic nitrogens is 2. The van der Waals surface area contributed by atoms with Crippen LogP contribution in [0.5, 0.6) is 0 Å². The van der Waals surface area contributed by atoms with Gasteiger partial charge in [-0.3, -0.25) is 4.79 Å². The number of halogens is 1. The third-order valence-electron chi connectivity index (χ3n) is 3.47. The lowest BCUT2D eigenvalue weighted by Crippen LogP contribution is -2.11. The molecule has 0 bridgehead atoms. The lowest BCUT2D eigenvalue weighted by Gasteiger charge is -2.08. The monoisotopic (exact) mass is 396 g/mol. The minimum absolute atomic E-state index is 0.160. The summed E-state index contributed by atoms with van der Waals surface area (Å²) in [6.45, 7) is 3.85. The number of hydrogen-bond donors (Lipinski definition) is 2. The summed E-state index contributed by atoms with van der Waals surface area (Å²) >= 11 is 3.39. The van der Waals surface area contributed by atoms with Gasteiger partial charge in [0, 0.05) is 32.8 Å². The molecule has 2 aromatic carbocycles. The van der Waals surface area contributed by atoms with Gasteiger partial charge in [-0.2, -0.15) is 0 Å². The molecule has 2 N–H and O–H groups in total. The lowest BCUT2D eigenvalue weighted by atomic mass is 10.2. The Balaban J connectivity index is 1.70. The molecule has 0 aliphatic heterocycles. The van der Waals surface area contributed by atoms with Crippen molar-refractivity contribution in [3.8, 4) is 0 Å². The van der Waals surface area contributed by atoms with Crippen LogP contribution in [0, 0.1) is 13.8 Å². The molecule has 3 aromatic rings. The van der Waals surface area contributed by atoms with E-state index in [9.17, 15) is 4.79 Å². The summed E-state index contributed by atoms with van der Waals surface area (Å²) in [6, 6.07) is 16.6. The number of aryl methyl sites for hydroxylation is 2. The van der Waals surface area contributed by atoms with Crippen molar-refractivity contribution in [3.63, 3.8) is 0 Å². The summed E-state index contributed by atoms with van der Waals surface area (Å²) in [5.41, 5.74) is 3.95. The Morgan fingerprint density at radius 2 is 1.60 bits per heavy atom. The number of nitrogens with one attached hydrogen (secondary N) is 2. The number of amides is 1. The molecule has 5 nitrogen and oxygen atoms in total. The average molecular weight is 397 g/mol. The topological polar surface area (TPSA) is 66.9 Å². The summed E-state index contributed by atoms with van der Waals surface area (Å²) in [5.74, 6) is 0.385. The van der Waals surface area contributed by atoms with Gasteiger partial charge in [-0.25, -0.2) is 9.97 Å². The minimum Gasteiger partial charge on any atom is -0.324 e. The van der Waals surface area contributed by atoms with Crippen molar-refractivity contribution >= 4 is 39.2 Å². The van der Waals surface area contributed by atoms with E-state index in [2.05, 4.69) is 36.5 Å². The first-order valence-corrected chi connectivity index (χ1v) is 8.55. The smallest absolute Gasteiger partial charge is 0.255 e. The number of anilines is 3. The zero-order valence-electron chi connectivity index (χ0n) is 13.9. The maximum atomic E-state index is 12.3. The molecule has 1 heterocycles. The standard InChI is InChI=1S/C19H17BrN4O/c1-12-10-13(2)22-19(21-12)24-16-8-6-14(7-9-16)18(25)23-17-5-3-4-15(20)11-17/h3-11H,1-2H3,(H,23,25)(H,21,22,24). The molecule has 3 rings (SSSR count). The second kappa shape index (κ2) is 7.44. The summed E-state index contributed by atoms with van der Waals surface area (Å²) in [4.78, 5) is 21.0. The second-order valence-electron chi connectivity index (χ2n) is 5.64. The Morgan fingerprint density at radius 1 is 0.920 bits per heavy atom. The number of carbonyl (C=O) groups is 1. The number of hydrogen-bond acceptors (Lipinski definition) is 4. The van der Waals surface area contributed by atoms with Gasteiger partial charge in [-0.1, -0.05) is 22.0 Å². The second-order valence-corrected chi connectivity index (χ2v) is 6.56. The van der Waals surface area contributed by atoms with Crippen LogP contribution in [-0.4, -0.2) is 15.9 Å². The molecule has 0 aliphatic rings. The van der Waals surface area contributed by atoms with Crippen molar-refractivity contribution in [2.75, 3.05) is 10.6 Å². The number of carbonyl (C=O) groups excluding carboxylic acids is 1. The first-order valence-electron chi connectivity index (χ1n) is 7.76. The van der Waals surface area contributed by atoms with Gasteiger partial charge < -0.3 is 10.6 Å². The highest BCUT2D eigenvalue weighted by atomic mass is 79.9. The highest BCUT2D eigenvalue weighted by Crippen LogP contribution is 2.18. The quantitative estimate of drug-likeness (QED) is 0.661. The molecular formula is C19H17BrN4O. The zero-order chi connectivity index (χ0) is 17.8. The molecule has 0 spiro atoms. The third-order valence-corrected chi connectivity index (χ3v) is 3.96. The first-order chi connectivity index (χ1) is 12.0. The van der Waals surface area contributed by atoms with Gasteiger partial charge in [0.25, 0.3) is 5.91 Å². The molecule has 1 aromatic heterocycles. The Labute approximate surface area is 154 Å². The molecule has 0 aliphatic carbocycles. The van der Waals surface area contributed by atoms with Crippen LogP contribution in [0.1, 0.15) is 21.7 Å². The van der Waals surface area contributed by atoms with Crippen LogP contribution in [0.4, 0.5) is 17.3 Å². The normalized spacial score (nSPS) is 10.4. The van der Waals surface area contributed by atoms with Gasteiger partial charge >= 0.3 is 0 Å². The van der Waals surface area contributed by atoms with Crippen LogP contribution in [0.2, 0.25) is 0 Å². The highest BCUT2D eigenvalue weighted by Gasteiger charge is 2.07. The van der Waals surface area contributed by atoms with E-state index in [1.807, 2.05) is 56.3 Å². The molecule has 126 valence electrons. The predicted octanol–water partition coefficient (Wildman–Crippen LogP) is 4.85. The number of nitrogens with zero attached hydrogens (tertiary/aromatic N) is 2. The summed E-state index contributed by atoms with van der Waals surface area (Å²) < 4.78 is 0.915. The van der Waals surface area contributed by atoms with E-state index in [0.29, 0.717) is 11.5 Å². The Hall–Kier alpha value is -2.73. The van der Waals surface area contributed by atoms with Crippen molar-refractivity contribution < 1.29 is 4.79 Å². The van der Waals surface area contributed by atoms with Gasteiger partial charge in [0.2, 0.25) is 5.95 Å². The molecule has 0 saturated carbocycles. The fourth-order valence-electron chi connectivity index (χ4n) is 2.39. The van der Waals surface area contributed by atoms with E-state index in [0.717, 1.165) is 27.2 Å². The Kier molecular flexibility index (Phi) is 5.09. The van der Waals surface area contributed by atoms with Crippen molar-refractivity contribution in [2.45, 2.75) is 13.8 Å².